The molecule has 0 aliphatic heterocycles. The number of aryl methyl sites for hydroxylation is 1. The van der Waals surface area contributed by atoms with Crippen molar-refractivity contribution in [1.82, 2.24) is 9.13 Å². The molecule has 0 aliphatic rings. The van der Waals surface area contributed by atoms with E-state index in [2.05, 4.69) is 126 Å². The molecule has 0 aliphatic carbocycles. The van der Waals surface area contributed by atoms with Crippen LogP contribution in [0.4, 0.5) is 0 Å². The summed E-state index contributed by atoms with van der Waals surface area (Å²) < 4.78 is 12.0. The Morgan fingerprint density at radius 2 is 1.32 bits per heavy atom. The lowest BCUT2D eigenvalue weighted by Crippen LogP contribution is -2.03. The molecule has 0 saturated heterocycles. The highest BCUT2D eigenvalue weighted by molar-refractivity contribution is 7.22. The summed E-state index contributed by atoms with van der Waals surface area (Å²) in [6.07, 6.45) is 6.08. The number of aromatic carboxylic acids is 1. The van der Waals surface area contributed by atoms with Crippen molar-refractivity contribution in [3.8, 4) is 21.6 Å². The lowest BCUT2D eigenvalue weighted by molar-refractivity contribution is 0.0696. The lowest BCUT2D eigenvalue weighted by atomic mass is 9.99. The Morgan fingerprint density at radius 1 is 0.667 bits per heavy atom. The van der Waals surface area contributed by atoms with E-state index in [-0.39, 0.29) is 24.8 Å². The summed E-state index contributed by atoms with van der Waals surface area (Å²) in [5.74, 6) is -0.906. The number of nitrogens with two attached hydrogens (primary N) is 2. The van der Waals surface area contributed by atoms with Gasteiger partial charge in [-0.15, -0.1) is 36.2 Å². The summed E-state index contributed by atoms with van der Waals surface area (Å²) in [5.41, 5.74) is 23.3. The number of carboxylic acid groups (broad SMARTS) is 1. The van der Waals surface area contributed by atoms with Crippen LogP contribution in [0.15, 0.2) is 150 Å². The van der Waals surface area contributed by atoms with Crippen LogP contribution in [0.1, 0.15) is 34.0 Å². The SMILES string of the molecule is CCn1cc(CCN)c2cc(-c3cccc4c3oc3ccccc34)ccc21.Cl.Cl.NCCc1cn(Cc2cccc(C(=O)O)c2)c2ccc(-c3cc4ccccc4s3)cc12. The molecule has 0 radical (unpaired) electrons. The molecule has 5 N–H and O–H groups in total. The van der Waals surface area contributed by atoms with Crippen molar-refractivity contribution in [3.63, 3.8) is 0 Å². The molecule has 10 rings (SSSR count). The van der Waals surface area contributed by atoms with E-state index >= 15 is 0 Å². The quantitative estimate of drug-likeness (QED) is 0.127. The average Bonchev–Trinajstić information content (AvgIpc) is 4.03. The summed E-state index contributed by atoms with van der Waals surface area (Å²) in [4.78, 5) is 12.6. The van der Waals surface area contributed by atoms with Crippen molar-refractivity contribution >= 4 is 96.0 Å². The standard InChI is InChI=1S/C26H22N2O2S.C24H22N2O.2ClH/c27-11-10-21-16-28(15-17-4-3-6-20(12-17)26(29)30)23-9-8-19(13-22(21)23)25-14-18-5-1-2-7-24(18)31-25;1-2-26-15-17(12-13-25)21-14-16(10-11-22(21)26)18-7-5-8-20-19-6-3-4-9-23(19)27-24(18)20;;/h1-9,12-14,16H,10-11,15,27H2,(H,29,30);3-11,14-15H,2,12-13,25H2,1H3;2*1H. The van der Waals surface area contributed by atoms with E-state index in [1.807, 2.05) is 18.2 Å². The van der Waals surface area contributed by atoms with Crippen molar-refractivity contribution in [2.24, 2.45) is 11.5 Å². The highest BCUT2D eigenvalue weighted by Crippen LogP contribution is 2.38. The molecular formula is C50H46Cl2N4O3S. The molecule has 0 atom stereocenters. The van der Waals surface area contributed by atoms with E-state index in [0.717, 1.165) is 58.0 Å². The lowest BCUT2D eigenvalue weighted by Gasteiger charge is -2.07. The number of aromatic nitrogens is 2. The monoisotopic (exact) mass is 852 g/mol. The number of benzene rings is 6. The molecule has 0 fully saturated rings. The average molecular weight is 854 g/mol. The van der Waals surface area contributed by atoms with Gasteiger partial charge < -0.3 is 30.1 Å². The normalized spacial score (nSPS) is 11.2. The van der Waals surface area contributed by atoms with Gasteiger partial charge in [0.1, 0.15) is 11.2 Å². The number of furan rings is 1. The minimum atomic E-state index is -0.906. The maximum atomic E-state index is 11.3. The molecule has 0 unspecified atom stereocenters. The zero-order valence-electron chi connectivity index (χ0n) is 33.1. The third-order valence-corrected chi connectivity index (χ3v) is 12.2. The predicted octanol–water partition coefficient (Wildman–Crippen LogP) is 12.3. The molecule has 10 heteroatoms. The Kier molecular flexibility index (Phi) is 12.8. The van der Waals surface area contributed by atoms with Crippen LogP contribution in [0, 0.1) is 0 Å². The predicted molar refractivity (Wildman–Crippen MR) is 256 cm³/mol. The molecule has 60 heavy (non-hydrogen) atoms. The van der Waals surface area contributed by atoms with Crippen LogP contribution in [-0.4, -0.2) is 33.3 Å². The van der Waals surface area contributed by atoms with E-state index in [0.29, 0.717) is 25.2 Å². The molecular weight excluding hydrogens is 808 g/mol. The van der Waals surface area contributed by atoms with Gasteiger partial charge in [0, 0.05) is 73.2 Å². The smallest absolute Gasteiger partial charge is 0.335 e. The summed E-state index contributed by atoms with van der Waals surface area (Å²) >= 11 is 1.80. The van der Waals surface area contributed by atoms with E-state index < -0.39 is 5.97 Å². The van der Waals surface area contributed by atoms with Crippen molar-refractivity contribution in [3.05, 3.63) is 168 Å². The number of thiophene rings is 1. The van der Waals surface area contributed by atoms with Gasteiger partial charge >= 0.3 is 5.97 Å². The van der Waals surface area contributed by atoms with Gasteiger partial charge in [0.05, 0.1) is 5.56 Å². The van der Waals surface area contributed by atoms with E-state index in [1.165, 1.54) is 53.5 Å². The number of hydrogen-bond acceptors (Lipinski definition) is 5. The zero-order chi connectivity index (χ0) is 39.8. The van der Waals surface area contributed by atoms with Gasteiger partial charge in [0.25, 0.3) is 0 Å². The van der Waals surface area contributed by atoms with Crippen LogP contribution < -0.4 is 11.5 Å². The van der Waals surface area contributed by atoms with Gasteiger partial charge in [-0.25, -0.2) is 4.79 Å². The number of para-hydroxylation sites is 2. The number of halogens is 2. The second-order valence-corrected chi connectivity index (χ2v) is 15.8. The summed E-state index contributed by atoms with van der Waals surface area (Å²) in [5, 5.41) is 15.4. The van der Waals surface area contributed by atoms with Crippen LogP contribution in [-0.2, 0) is 25.9 Å². The van der Waals surface area contributed by atoms with E-state index in [4.69, 9.17) is 15.9 Å². The fourth-order valence-electron chi connectivity index (χ4n) is 8.26. The molecule has 7 nitrogen and oxygen atoms in total. The second-order valence-electron chi connectivity index (χ2n) is 14.7. The zero-order valence-corrected chi connectivity index (χ0v) is 35.6. The van der Waals surface area contributed by atoms with Crippen LogP contribution in [0.2, 0.25) is 0 Å². The Balaban J connectivity index is 0.000000177. The number of carboxylic acids is 1. The molecule has 4 heterocycles. The van der Waals surface area contributed by atoms with Crippen molar-refractivity contribution in [2.75, 3.05) is 13.1 Å². The maximum Gasteiger partial charge on any atom is 0.335 e. The van der Waals surface area contributed by atoms with E-state index in [1.54, 1.807) is 29.5 Å². The van der Waals surface area contributed by atoms with Gasteiger partial charge in [-0.3, -0.25) is 0 Å². The van der Waals surface area contributed by atoms with Crippen LogP contribution in [0.25, 0.3) is 75.4 Å². The first-order chi connectivity index (χ1) is 28.4. The van der Waals surface area contributed by atoms with Crippen LogP contribution >= 0.6 is 36.2 Å². The highest BCUT2D eigenvalue weighted by atomic mass is 35.5. The number of rotatable bonds is 10. The van der Waals surface area contributed by atoms with Crippen molar-refractivity contribution in [1.29, 1.82) is 0 Å². The highest BCUT2D eigenvalue weighted by Gasteiger charge is 2.15. The molecule has 4 aromatic heterocycles. The number of fused-ring (bicyclic) bond motifs is 6. The first-order valence-electron chi connectivity index (χ1n) is 19.8. The number of hydrogen-bond donors (Lipinski definition) is 3. The van der Waals surface area contributed by atoms with Crippen LogP contribution in [0.5, 0.6) is 0 Å². The molecule has 0 saturated carbocycles. The third kappa shape index (κ3) is 8.05. The first kappa shape index (κ1) is 42.3. The Hall–Kier alpha value is -5.87. The number of carbonyl (C=O) groups is 1. The molecule has 0 amide bonds. The van der Waals surface area contributed by atoms with Gasteiger partial charge in [0.15, 0.2) is 0 Å². The fourth-order valence-corrected chi connectivity index (χ4v) is 9.32. The summed E-state index contributed by atoms with van der Waals surface area (Å²) in [6, 6.07) is 45.7. The minimum absolute atomic E-state index is 0. The summed E-state index contributed by atoms with van der Waals surface area (Å²) in [6.45, 7) is 4.99. The Labute approximate surface area is 364 Å². The van der Waals surface area contributed by atoms with Gasteiger partial charge in [-0.2, -0.15) is 0 Å². The van der Waals surface area contributed by atoms with Crippen LogP contribution in [0.3, 0.4) is 0 Å². The molecule has 0 bridgehead atoms. The topological polar surface area (TPSA) is 112 Å². The number of nitrogens with zero attached hydrogens (tertiary/aromatic N) is 2. The van der Waals surface area contributed by atoms with Crippen molar-refractivity contribution in [2.45, 2.75) is 32.9 Å². The third-order valence-electron chi connectivity index (χ3n) is 11.0. The Morgan fingerprint density at radius 3 is 2.05 bits per heavy atom. The second kappa shape index (κ2) is 18.2. The van der Waals surface area contributed by atoms with Crippen molar-refractivity contribution < 1.29 is 14.3 Å². The maximum absolute atomic E-state index is 11.3. The molecule has 10 aromatic rings. The van der Waals surface area contributed by atoms with Gasteiger partial charge in [0.2, 0.25) is 0 Å². The first-order valence-corrected chi connectivity index (χ1v) is 20.6. The molecule has 0 spiro atoms. The van der Waals surface area contributed by atoms with E-state index in [9.17, 15) is 9.90 Å². The van der Waals surface area contributed by atoms with Gasteiger partial charge in [-0.05, 0) is 121 Å². The largest absolute Gasteiger partial charge is 0.478 e. The molecule has 6 aromatic carbocycles. The minimum Gasteiger partial charge on any atom is -0.478 e. The Bertz CT molecular complexity index is 3090. The fraction of sp³-hybridized carbons (Fsp3) is 0.140. The van der Waals surface area contributed by atoms with Gasteiger partial charge in [-0.1, -0.05) is 78.9 Å². The summed E-state index contributed by atoms with van der Waals surface area (Å²) in [7, 11) is 0. The molecule has 304 valence electrons.